The molecule has 5 aromatic rings. The summed E-state index contributed by atoms with van der Waals surface area (Å²) in [5.41, 5.74) is 4.85. The van der Waals surface area contributed by atoms with Crippen molar-refractivity contribution >= 4 is 45.8 Å². The Hall–Kier alpha value is -4.30. The molecule has 0 amide bonds. The molecule has 358 valence electrons. The van der Waals surface area contributed by atoms with Gasteiger partial charge < -0.3 is 9.47 Å². The summed E-state index contributed by atoms with van der Waals surface area (Å²) in [6.07, 6.45) is 50.5. The summed E-state index contributed by atoms with van der Waals surface area (Å²) in [6, 6.07) is 34.9. The molecular formula is C64H90O2. The smallest absolute Gasteiger partial charge is 0.119 e. The van der Waals surface area contributed by atoms with Gasteiger partial charge in [-0.1, -0.05) is 291 Å². The summed E-state index contributed by atoms with van der Waals surface area (Å²) in [4.78, 5) is 0. The Morgan fingerprint density at radius 3 is 0.773 bits per heavy atom. The lowest BCUT2D eigenvalue weighted by Gasteiger charge is -2.13. The van der Waals surface area contributed by atoms with Gasteiger partial charge in [0.25, 0.3) is 0 Å². The van der Waals surface area contributed by atoms with E-state index in [1.807, 2.05) is 0 Å². The third-order valence-corrected chi connectivity index (χ3v) is 13.7. The predicted octanol–water partition coefficient (Wildman–Crippen LogP) is 20.8. The van der Waals surface area contributed by atoms with Gasteiger partial charge >= 0.3 is 0 Å². The van der Waals surface area contributed by atoms with Crippen molar-refractivity contribution in [2.45, 2.75) is 206 Å². The average molecular weight is 891 g/mol. The van der Waals surface area contributed by atoms with Gasteiger partial charge in [0, 0.05) is 0 Å². The van der Waals surface area contributed by atoms with E-state index in [0.29, 0.717) is 0 Å². The minimum absolute atomic E-state index is 0.797. The van der Waals surface area contributed by atoms with Crippen LogP contribution >= 0.6 is 0 Å². The highest BCUT2D eigenvalue weighted by Gasteiger charge is 2.11. The van der Waals surface area contributed by atoms with Crippen LogP contribution < -0.4 is 9.47 Å². The van der Waals surface area contributed by atoms with E-state index in [-0.39, 0.29) is 0 Å². The highest BCUT2D eigenvalue weighted by molar-refractivity contribution is 6.14. The van der Waals surface area contributed by atoms with Crippen molar-refractivity contribution in [1.82, 2.24) is 0 Å². The van der Waals surface area contributed by atoms with Crippen LogP contribution in [0.2, 0.25) is 0 Å². The summed E-state index contributed by atoms with van der Waals surface area (Å²) < 4.78 is 12.3. The van der Waals surface area contributed by atoms with Gasteiger partial charge in [-0.25, -0.2) is 0 Å². The van der Waals surface area contributed by atoms with E-state index in [1.165, 1.54) is 224 Å². The lowest BCUT2D eigenvalue weighted by atomic mass is 9.91. The molecule has 0 bridgehead atoms. The van der Waals surface area contributed by atoms with Crippen LogP contribution in [0.4, 0.5) is 0 Å². The van der Waals surface area contributed by atoms with E-state index in [1.54, 1.807) is 0 Å². The second kappa shape index (κ2) is 34.1. The van der Waals surface area contributed by atoms with Gasteiger partial charge in [-0.05, 0) is 80.9 Å². The van der Waals surface area contributed by atoms with Gasteiger partial charge in [0.15, 0.2) is 0 Å². The molecule has 0 unspecified atom stereocenters. The van der Waals surface area contributed by atoms with E-state index < -0.39 is 0 Å². The fraction of sp³-hybridized carbons (Fsp3) is 0.531. The zero-order chi connectivity index (χ0) is 46.0. The number of hydrogen-bond acceptors (Lipinski definition) is 2. The average Bonchev–Trinajstić information content (AvgIpc) is 3.35. The van der Waals surface area contributed by atoms with E-state index in [2.05, 4.69) is 135 Å². The maximum absolute atomic E-state index is 6.14. The van der Waals surface area contributed by atoms with E-state index in [4.69, 9.17) is 9.47 Å². The zero-order valence-electron chi connectivity index (χ0n) is 42.0. The first kappa shape index (κ1) is 52.7. The third kappa shape index (κ3) is 20.7. The van der Waals surface area contributed by atoms with Crippen LogP contribution in [0.3, 0.4) is 0 Å². The number of hydrogen-bond donors (Lipinski definition) is 0. The first-order valence-electron chi connectivity index (χ1n) is 27.5. The van der Waals surface area contributed by atoms with Gasteiger partial charge in [-0.2, -0.15) is 0 Å². The fourth-order valence-electron chi connectivity index (χ4n) is 9.59. The molecule has 0 aliphatic rings. The van der Waals surface area contributed by atoms with Crippen LogP contribution in [0.5, 0.6) is 11.5 Å². The lowest BCUT2D eigenvalue weighted by molar-refractivity contribution is 0.304. The predicted molar refractivity (Wildman–Crippen MR) is 293 cm³/mol. The Balaban J connectivity index is 1.01. The zero-order valence-corrected chi connectivity index (χ0v) is 42.0. The summed E-state index contributed by atoms with van der Waals surface area (Å²) in [6.45, 7) is 6.19. The monoisotopic (exact) mass is 891 g/mol. The van der Waals surface area contributed by atoms with E-state index in [9.17, 15) is 0 Å². The topological polar surface area (TPSA) is 18.5 Å². The summed E-state index contributed by atoms with van der Waals surface area (Å²) in [5, 5.41) is 5.05. The first-order valence-corrected chi connectivity index (χ1v) is 27.5. The Morgan fingerprint density at radius 1 is 0.273 bits per heavy atom. The van der Waals surface area contributed by atoms with Crippen LogP contribution in [0.1, 0.15) is 229 Å². The van der Waals surface area contributed by atoms with Crippen molar-refractivity contribution in [3.05, 3.63) is 119 Å². The molecular weight excluding hydrogens is 801 g/mol. The minimum atomic E-state index is 0.797. The van der Waals surface area contributed by atoms with Gasteiger partial charge in [0.2, 0.25) is 0 Å². The highest BCUT2D eigenvalue weighted by atomic mass is 16.5. The molecule has 0 saturated carbocycles. The largest absolute Gasteiger partial charge is 0.494 e. The molecule has 5 aromatic carbocycles. The first-order chi connectivity index (χ1) is 32.8. The molecule has 2 nitrogen and oxygen atoms in total. The van der Waals surface area contributed by atoms with Crippen LogP contribution in [-0.2, 0) is 0 Å². The molecule has 0 heterocycles. The van der Waals surface area contributed by atoms with Crippen molar-refractivity contribution in [3.8, 4) is 11.5 Å². The molecule has 0 atom stereocenters. The molecule has 0 aliphatic heterocycles. The second-order valence-electron chi connectivity index (χ2n) is 19.3. The molecule has 0 saturated heterocycles. The number of ether oxygens (including phenoxy) is 2. The van der Waals surface area contributed by atoms with Gasteiger partial charge in [0.1, 0.15) is 11.5 Å². The van der Waals surface area contributed by atoms with Crippen LogP contribution in [-0.4, -0.2) is 13.2 Å². The molecule has 5 rings (SSSR count). The maximum atomic E-state index is 6.14. The highest BCUT2D eigenvalue weighted by Crippen LogP contribution is 2.35. The summed E-state index contributed by atoms with van der Waals surface area (Å²) in [5.74, 6) is 1.92. The summed E-state index contributed by atoms with van der Waals surface area (Å²) in [7, 11) is 0. The number of fused-ring (bicyclic) bond motifs is 2. The fourth-order valence-corrected chi connectivity index (χ4v) is 9.59. The van der Waals surface area contributed by atoms with E-state index >= 15 is 0 Å². The molecule has 0 radical (unpaired) electrons. The van der Waals surface area contributed by atoms with Gasteiger partial charge in [-0.3, -0.25) is 0 Å². The third-order valence-electron chi connectivity index (χ3n) is 13.7. The molecule has 2 heteroatoms. The normalized spacial score (nSPS) is 11.8. The molecule has 66 heavy (non-hydrogen) atoms. The Kier molecular flexibility index (Phi) is 27.2. The van der Waals surface area contributed by atoms with Crippen LogP contribution in [0.25, 0.3) is 45.8 Å². The Bertz CT molecular complexity index is 1830. The van der Waals surface area contributed by atoms with Crippen molar-refractivity contribution in [2.24, 2.45) is 0 Å². The molecule has 0 fully saturated rings. The van der Waals surface area contributed by atoms with Crippen LogP contribution in [0.15, 0.2) is 97.1 Å². The molecule has 0 spiro atoms. The Morgan fingerprint density at radius 2 is 0.515 bits per heavy atom. The van der Waals surface area contributed by atoms with Gasteiger partial charge in [-0.15, -0.1) is 0 Å². The lowest BCUT2D eigenvalue weighted by Crippen LogP contribution is -1.97. The molecule has 0 N–H and O–H groups in total. The van der Waals surface area contributed by atoms with Crippen molar-refractivity contribution < 1.29 is 9.47 Å². The van der Waals surface area contributed by atoms with Gasteiger partial charge in [0.05, 0.1) is 13.2 Å². The molecule has 0 aliphatic carbocycles. The number of unbranched alkanes of at least 4 members (excludes halogenated alkanes) is 28. The number of benzene rings is 5. The van der Waals surface area contributed by atoms with Crippen LogP contribution in [0, 0.1) is 0 Å². The standard InChI is InChI=1S/C64H90O2/c1-3-5-7-9-11-13-15-17-19-21-23-25-27-29-35-53-65-57-47-41-55(42-48-57)45-51-63-59-37-31-33-39-61(59)64(62-40-34-32-38-60(62)63)52-46-56-43-49-58(50-44-56)66-54-36-30-28-26-24-22-20-18-16-14-12-10-8-6-4-2/h31-34,37-52H,3-30,35-36,53-54H2,1-2H3/b51-45+,52-46+. The van der Waals surface area contributed by atoms with Crippen molar-refractivity contribution in [1.29, 1.82) is 0 Å². The number of rotatable bonds is 38. The SMILES string of the molecule is CCCCCCCCCCCCCCCCCOc1ccc(/C=C/c2c3ccccc3c(/C=C/c3ccc(OCCCCCCCCCCCCCCCCC)cc3)c3ccccc23)cc1. The van der Waals surface area contributed by atoms with E-state index in [0.717, 1.165) is 37.6 Å². The molecule has 0 aromatic heterocycles. The van der Waals surface area contributed by atoms with Crippen molar-refractivity contribution in [2.75, 3.05) is 13.2 Å². The Labute approximate surface area is 404 Å². The quantitative estimate of drug-likeness (QED) is 0.0223. The second-order valence-corrected chi connectivity index (χ2v) is 19.3. The minimum Gasteiger partial charge on any atom is -0.494 e. The summed E-state index contributed by atoms with van der Waals surface area (Å²) >= 11 is 0. The maximum Gasteiger partial charge on any atom is 0.119 e. The van der Waals surface area contributed by atoms with Crippen molar-refractivity contribution in [3.63, 3.8) is 0 Å².